The van der Waals surface area contributed by atoms with Crippen LogP contribution >= 0.6 is 28.1 Å². The van der Waals surface area contributed by atoms with Crippen LogP contribution in [0.5, 0.6) is 11.5 Å². The Bertz CT molecular complexity index is 708. The fourth-order valence-electron chi connectivity index (χ4n) is 1.81. The van der Waals surface area contributed by atoms with Crippen LogP contribution in [0.3, 0.4) is 0 Å². The second-order valence-electron chi connectivity index (χ2n) is 4.52. The van der Waals surface area contributed by atoms with Gasteiger partial charge in [-0.1, -0.05) is 18.2 Å². The fraction of sp³-hybridized carbons (Fsp3) is 0.125. The number of rotatable bonds is 5. The molecule has 2 aromatic rings. The lowest BCUT2D eigenvalue weighted by Gasteiger charge is -2.07. The van der Waals surface area contributed by atoms with Crippen LogP contribution in [0.2, 0.25) is 0 Å². The first-order valence-electron chi connectivity index (χ1n) is 6.96. The molecule has 0 radical (unpaired) electrons. The maximum atomic E-state index is 9.88. The zero-order valence-electron chi connectivity index (χ0n) is 12.5. The van der Waals surface area contributed by atoms with Crippen LogP contribution in [-0.4, -0.2) is 23.0 Å². The fourth-order valence-corrected chi connectivity index (χ4v) is 2.45. The molecule has 0 saturated carbocycles. The first kappa shape index (κ1) is 17.2. The molecule has 0 spiro atoms. The Morgan fingerprint density at radius 3 is 2.78 bits per heavy atom. The lowest BCUT2D eigenvalue weighted by Crippen LogP contribution is -2.82. The van der Waals surface area contributed by atoms with E-state index in [-0.39, 0.29) is 5.75 Å². The van der Waals surface area contributed by atoms with Gasteiger partial charge in [-0.3, -0.25) is 0 Å². The first-order chi connectivity index (χ1) is 11.1. The van der Waals surface area contributed by atoms with Crippen LogP contribution in [0.4, 0.5) is 5.69 Å². The lowest BCUT2D eigenvalue weighted by atomic mass is 10.2. The van der Waals surface area contributed by atoms with Gasteiger partial charge in [0.1, 0.15) is 0 Å². The number of aromatic hydroxyl groups is 1. The van der Waals surface area contributed by atoms with Crippen LogP contribution in [0, 0.1) is 0 Å². The average molecular weight is 395 g/mol. The van der Waals surface area contributed by atoms with Gasteiger partial charge in [0.15, 0.2) is 17.7 Å². The topological polar surface area (TPSA) is 67.5 Å². The minimum Gasteiger partial charge on any atom is -0.503 e. The summed E-state index contributed by atoms with van der Waals surface area (Å²) in [6.07, 6.45) is 1.71. The molecule has 0 aliphatic carbocycles. The van der Waals surface area contributed by atoms with Crippen molar-refractivity contribution in [3.63, 3.8) is 0 Å². The van der Waals surface area contributed by atoms with Crippen molar-refractivity contribution in [3.05, 3.63) is 52.5 Å². The van der Waals surface area contributed by atoms with E-state index in [1.807, 2.05) is 37.3 Å². The van der Waals surface area contributed by atoms with Crippen molar-refractivity contribution in [1.29, 1.82) is 0 Å². The van der Waals surface area contributed by atoms with Gasteiger partial charge in [0.05, 0.1) is 11.1 Å². The Hall–Kier alpha value is -2.12. The molecule has 5 nitrogen and oxygen atoms in total. The summed E-state index contributed by atoms with van der Waals surface area (Å²) in [6.45, 7) is 2.33. The van der Waals surface area contributed by atoms with Gasteiger partial charge in [0, 0.05) is 11.3 Å². The van der Waals surface area contributed by atoms with E-state index in [0.29, 0.717) is 21.9 Å². The Morgan fingerprint density at radius 2 is 2.09 bits per heavy atom. The van der Waals surface area contributed by atoms with Crippen LogP contribution in [0.1, 0.15) is 12.5 Å². The summed E-state index contributed by atoms with van der Waals surface area (Å²) in [4.78, 5) is 0. The van der Waals surface area contributed by atoms with Crippen molar-refractivity contribution in [1.82, 2.24) is 5.43 Å². The van der Waals surface area contributed by atoms with Crippen molar-refractivity contribution in [2.24, 2.45) is 0 Å². The van der Waals surface area contributed by atoms with Crippen LogP contribution < -0.4 is 20.6 Å². The third-order valence-corrected chi connectivity index (χ3v) is 3.62. The highest BCUT2D eigenvalue weighted by Crippen LogP contribution is 2.34. The molecule has 4 N–H and O–H groups in total. The van der Waals surface area contributed by atoms with E-state index in [1.165, 1.54) is 0 Å². The quantitative estimate of drug-likeness (QED) is 0.354. The van der Waals surface area contributed by atoms with E-state index >= 15 is 0 Å². The third kappa shape index (κ3) is 5.22. The number of phenolic OH excluding ortho intramolecular Hbond substituents is 1. The number of phenols is 1. The summed E-state index contributed by atoms with van der Waals surface area (Å²) in [6, 6.07) is 13.1. The van der Waals surface area contributed by atoms with Crippen molar-refractivity contribution < 1.29 is 14.9 Å². The van der Waals surface area contributed by atoms with Crippen LogP contribution in [-0.2, 0) is 0 Å². The molecule has 0 aliphatic heterocycles. The van der Waals surface area contributed by atoms with Gasteiger partial charge < -0.3 is 15.2 Å². The zero-order chi connectivity index (χ0) is 16.7. The Labute approximate surface area is 148 Å². The molecular formula is C16H17BrN3O2S+. The second kappa shape index (κ2) is 8.50. The van der Waals surface area contributed by atoms with E-state index in [0.717, 1.165) is 11.3 Å². The van der Waals surface area contributed by atoms with Crippen molar-refractivity contribution >= 4 is 45.2 Å². The standard InChI is InChI=1S/C16H16BrN3O2S/c1-2-22-14-9-11(8-13(17)15(14)21)10-18-20-16(23)19-12-6-4-3-5-7-12/h3-10,21H,2H2,1H3,(H2,19,20,23)/p+1. The molecule has 0 fully saturated rings. The minimum absolute atomic E-state index is 0.0817. The van der Waals surface area contributed by atoms with Crippen molar-refractivity contribution in [2.45, 2.75) is 6.92 Å². The lowest BCUT2D eigenvalue weighted by molar-refractivity contribution is -0.499. The summed E-state index contributed by atoms with van der Waals surface area (Å²) in [7, 11) is 0. The van der Waals surface area contributed by atoms with Crippen LogP contribution in [0.25, 0.3) is 0 Å². The second-order valence-corrected chi connectivity index (χ2v) is 5.78. The summed E-state index contributed by atoms with van der Waals surface area (Å²) >= 11 is 8.48. The molecule has 2 aromatic carbocycles. The molecule has 0 aromatic heterocycles. The highest BCUT2D eigenvalue weighted by molar-refractivity contribution is 9.10. The predicted octanol–water partition coefficient (Wildman–Crippen LogP) is 1.95. The molecule has 0 unspecified atom stereocenters. The molecular weight excluding hydrogens is 378 g/mol. The average Bonchev–Trinajstić information content (AvgIpc) is 2.53. The summed E-state index contributed by atoms with van der Waals surface area (Å²) in [5.41, 5.74) is 4.58. The number of hydrogen-bond donors (Lipinski definition) is 4. The number of ether oxygens (including phenoxy) is 1. The van der Waals surface area contributed by atoms with Gasteiger partial charge >= 0.3 is 0 Å². The molecule has 0 atom stereocenters. The van der Waals surface area contributed by atoms with Gasteiger partial charge in [0.2, 0.25) is 5.11 Å². The molecule has 0 aliphatic rings. The number of thiocarbonyl (C=S) groups is 1. The number of nitrogens with one attached hydrogen (secondary N) is 3. The molecule has 0 amide bonds. The molecule has 0 heterocycles. The highest BCUT2D eigenvalue weighted by Gasteiger charge is 2.09. The van der Waals surface area contributed by atoms with E-state index in [2.05, 4.69) is 31.8 Å². The molecule has 2 rings (SSSR count). The minimum atomic E-state index is 0.0817. The molecule has 23 heavy (non-hydrogen) atoms. The number of hydrogen-bond acceptors (Lipinski definition) is 3. The Morgan fingerprint density at radius 1 is 1.35 bits per heavy atom. The van der Waals surface area contributed by atoms with Crippen molar-refractivity contribution in [3.8, 4) is 11.5 Å². The van der Waals surface area contributed by atoms with Gasteiger partial charge in [0.25, 0.3) is 0 Å². The first-order valence-corrected chi connectivity index (χ1v) is 8.16. The van der Waals surface area contributed by atoms with E-state index in [9.17, 15) is 5.11 Å². The predicted molar refractivity (Wildman–Crippen MR) is 98.9 cm³/mol. The number of hydrazone groups is 1. The van der Waals surface area contributed by atoms with E-state index < -0.39 is 0 Å². The van der Waals surface area contributed by atoms with Gasteiger partial charge in [-0.2, -0.15) is 0 Å². The van der Waals surface area contributed by atoms with Gasteiger partial charge in [-0.15, -0.1) is 10.5 Å². The van der Waals surface area contributed by atoms with Gasteiger partial charge in [-0.25, -0.2) is 0 Å². The maximum Gasteiger partial charge on any atom is 0.228 e. The number of para-hydroxylation sites is 1. The highest BCUT2D eigenvalue weighted by atomic mass is 79.9. The van der Waals surface area contributed by atoms with Crippen molar-refractivity contribution in [2.75, 3.05) is 11.9 Å². The largest absolute Gasteiger partial charge is 0.503 e. The number of anilines is 1. The SMILES string of the molecule is CCOc1cc(C=[NH+]NC(=S)Nc2ccccc2)cc(Br)c1O. The Balaban J connectivity index is 1.99. The van der Waals surface area contributed by atoms with E-state index in [4.69, 9.17) is 17.0 Å². The molecule has 0 saturated heterocycles. The van der Waals surface area contributed by atoms with E-state index in [1.54, 1.807) is 18.3 Å². The number of halogens is 1. The third-order valence-electron chi connectivity index (χ3n) is 2.81. The summed E-state index contributed by atoms with van der Waals surface area (Å²) in [5, 5.41) is 16.3. The smallest absolute Gasteiger partial charge is 0.228 e. The number of hydrazine groups is 1. The normalized spacial score (nSPS) is 10.5. The Kier molecular flexibility index (Phi) is 6.37. The van der Waals surface area contributed by atoms with Crippen LogP contribution in [0.15, 0.2) is 46.9 Å². The molecule has 0 bridgehead atoms. The zero-order valence-corrected chi connectivity index (χ0v) is 14.9. The van der Waals surface area contributed by atoms with Gasteiger partial charge in [-0.05, 0) is 59.3 Å². The monoisotopic (exact) mass is 394 g/mol. The number of benzene rings is 2. The summed E-state index contributed by atoms with van der Waals surface area (Å²) in [5.74, 6) is 0.498. The summed E-state index contributed by atoms with van der Waals surface area (Å²) < 4.78 is 5.94. The molecule has 120 valence electrons. The maximum absolute atomic E-state index is 9.88. The molecule has 7 heteroatoms.